The monoisotopic (exact) mass is 376 g/mol. The maximum absolute atomic E-state index is 12.6. The van der Waals surface area contributed by atoms with Gasteiger partial charge in [0.15, 0.2) is 6.10 Å². The molecule has 0 saturated carbocycles. The van der Waals surface area contributed by atoms with Crippen LogP contribution in [0.4, 0.5) is 0 Å². The fraction of sp³-hybridized carbons (Fsp3) is 0.391. The number of fused-ring (bicyclic) bond motifs is 1. The summed E-state index contributed by atoms with van der Waals surface area (Å²) >= 11 is 0. The Kier molecular flexibility index (Phi) is 5.06. The van der Waals surface area contributed by atoms with Gasteiger partial charge in [0.1, 0.15) is 11.8 Å². The van der Waals surface area contributed by atoms with Crippen molar-refractivity contribution >= 4 is 5.91 Å². The van der Waals surface area contributed by atoms with Crippen LogP contribution >= 0.6 is 0 Å². The number of amides is 1. The van der Waals surface area contributed by atoms with Gasteiger partial charge in [-0.3, -0.25) is 4.79 Å². The van der Waals surface area contributed by atoms with Crippen LogP contribution < -0.4 is 4.74 Å². The summed E-state index contributed by atoms with van der Waals surface area (Å²) in [6.07, 6.45) is 0.895. The summed E-state index contributed by atoms with van der Waals surface area (Å²) in [5.74, 6) is 0.494. The van der Waals surface area contributed by atoms with Crippen LogP contribution in [-0.4, -0.2) is 40.7 Å². The minimum Gasteiger partial charge on any atom is -0.478 e. The highest BCUT2D eigenvalue weighted by atomic mass is 16.5. The number of nitrogens with zero attached hydrogens (tertiary/aromatic N) is 2. The average Bonchev–Trinajstić information content (AvgIpc) is 2.87. The first kappa shape index (κ1) is 18.5. The van der Waals surface area contributed by atoms with E-state index >= 15 is 0 Å². The Morgan fingerprint density at radius 2 is 1.82 bits per heavy atom. The average molecular weight is 376 g/mol. The van der Waals surface area contributed by atoms with Crippen LogP contribution in [-0.2, 0) is 11.2 Å². The van der Waals surface area contributed by atoms with Crippen LogP contribution in [0.25, 0.3) is 0 Å². The summed E-state index contributed by atoms with van der Waals surface area (Å²) in [5.41, 5.74) is 0.265. The molecule has 28 heavy (non-hydrogen) atoms. The largest absolute Gasteiger partial charge is 0.478 e. The molecule has 0 aliphatic carbocycles. The lowest BCUT2D eigenvalue weighted by molar-refractivity contribution is -0.175. The van der Waals surface area contributed by atoms with E-state index in [1.807, 2.05) is 48.5 Å². The lowest BCUT2D eigenvalue weighted by Gasteiger charge is -2.49. The number of ether oxygens (including phenoxy) is 1. The predicted molar refractivity (Wildman–Crippen MR) is 104 cm³/mol. The van der Waals surface area contributed by atoms with Gasteiger partial charge in [0.2, 0.25) is 0 Å². The third-order valence-corrected chi connectivity index (χ3v) is 6.04. The SMILES string of the molecule is N#C[C@]1(CCc2ccccc2)CCCN2C(=O)[C@H](Oc3ccccc3)[C@@H]2[C@@H]1O. The highest BCUT2D eigenvalue weighted by molar-refractivity contribution is 5.89. The third kappa shape index (κ3) is 3.25. The Balaban J connectivity index is 1.54. The van der Waals surface area contributed by atoms with E-state index < -0.39 is 23.7 Å². The van der Waals surface area contributed by atoms with E-state index in [1.54, 1.807) is 17.0 Å². The number of benzene rings is 2. The summed E-state index contributed by atoms with van der Waals surface area (Å²) in [7, 11) is 0. The van der Waals surface area contributed by atoms with Crippen molar-refractivity contribution in [2.45, 2.75) is 43.9 Å². The molecule has 1 amide bonds. The molecule has 2 aliphatic rings. The number of β-lactam (4-membered cyclic amide) rings is 1. The van der Waals surface area contributed by atoms with Gasteiger partial charge in [-0.15, -0.1) is 0 Å². The first-order valence-corrected chi connectivity index (χ1v) is 9.80. The van der Waals surface area contributed by atoms with E-state index in [2.05, 4.69) is 6.07 Å². The Bertz CT molecular complexity index is 864. The van der Waals surface area contributed by atoms with Crippen molar-refractivity contribution in [1.82, 2.24) is 4.90 Å². The Morgan fingerprint density at radius 1 is 1.14 bits per heavy atom. The smallest absolute Gasteiger partial charge is 0.266 e. The second kappa shape index (κ2) is 7.65. The zero-order valence-corrected chi connectivity index (χ0v) is 15.7. The topological polar surface area (TPSA) is 73.6 Å². The molecule has 2 heterocycles. The molecule has 2 fully saturated rings. The van der Waals surface area contributed by atoms with Gasteiger partial charge in [0, 0.05) is 6.54 Å². The van der Waals surface area contributed by atoms with Crippen molar-refractivity contribution in [3.8, 4) is 11.8 Å². The van der Waals surface area contributed by atoms with Crippen LogP contribution in [0.15, 0.2) is 60.7 Å². The second-order valence-corrected chi connectivity index (χ2v) is 7.68. The quantitative estimate of drug-likeness (QED) is 0.815. The number of para-hydroxylation sites is 1. The first-order chi connectivity index (χ1) is 13.6. The third-order valence-electron chi connectivity index (χ3n) is 6.04. The van der Waals surface area contributed by atoms with Gasteiger partial charge in [-0.25, -0.2) is 0 Å². The van der Waals surface area contributed by atoms with E-state index in [4.69, 9.17) is 4.74 Å². The molecule has 2 aromatic carbocycles. The van der Waals surface area contributed by atoms with E-state index in [-0.39, 0.29) is 5.91 Å². The van der Waals surface area contributed by atoms with Crippen LogP contribution in [0.3, 0.4) is 0 Å². The number of carbonyl (C=O) groups excluding carboxylic acids is 1. The minimum atomic E-state index is -0.935. The van der Waals surface area contributed by atoms with Gasteiger partial charge in [-0.2, -0.15) is 5.26 Å². The zero-order valence-electron chi connectivity index (χ0n) is 15.7. The molecule has 4 rings (SSSR count). The van der Waals surface area contributed by atoms with E-state index in [9.17, 15) is 15.2 Å². The Morgan fingerprint density at radius 3 is 2.50 bits per heavy atom. The minimum absolute atomic E-state index is 0.107. The maximum atomic E-state index is 12.6. The van der Waals surface area contributed by atoms with Crippen LogP contribution in [0.1, 0.15) is 24.8 Å². The molecule has 5 heteroatoms. The van der Waals surface area contributed by atoms with E-state index in [0.29, 0.717) is 31.6 Å². The van der Waals surface area contributed by atoms with Crippen molar-refractivity contribution < 1.29 is 14.6 Å². The molecule has 2 saturated heterocycles. The Labute approximate surface area is 165 Å². The van der Waals surface area contributed by atoms with Crippen molar-refractivity contribution in [1.29, 1.82) is 5.26 Å². The van der Waals surface area contributed by atoms with Crippen molar-refractivity contribution in [2.24, 2.45) is 5.41 Å². The van der Waals surface area contributed by atoms with Crippen LogP contribution in [0, 0.1) is 16.7 Å². The molecule has 0 bridgehead atoms. The van der Waals surface area contributed by atoms with Crippen LogP contribution in [0.5, 0.6) is 5.75 Å². The summed E-state index contributed by atoms with van der Waals surface area (Å²) in [6, 6.07) is 21.1. The molecular weight excluding hydrogens is 352 g/mol. The van der Waals surface area contributed by atoms with Gasteiger partial charge < -0.3 is 14.7 Å². The molecular formula is C23H24N2O3. The number of aliphatic hydroxyl groups excluding tert-OH is 1. The zero-order chi connectivity index (χ0) is 19.6. The molecule has 0 aromatic heterocycles. The van der Waals surface area contributed by atoms with Crippen molar-refractivity contribution in [3.63, 3.8) is 0 Å². The molecule has 4 atom stereocenters. The molecule has 2 aliphatic heterocycles. The van der Waals surface area contributed by atoms with Crippen molar-refractivity contribution in [3.05, 3.63) is 66.2 Å². The molecule has 2 aromatic rings. The molecule has 0 radical (unpaired) electrons. The second-order valence-electron chi connectivity index (χ2n) is 7.68. The molecule has 0 spiro atoms. The van der Waals surface area contributed by atoms with E-state index in [0.717, 1.165) is 12.0 Å². The number of aryl methyl sites for hydroxylation is 1. The fourth-order valence-electron chi connectivity index (χ4n) is 4.40. The van der Waals surface area contributed by atoms with Gasteiger partial charge in [-0.1, -0.05) is 48.5 Å². The number of carbonyl (C=O) groups is 1. The summed E-state index contributed by atoms with van der Waals surface area (Å²) in [6.45, 7) is 0.560. The number of hydrogen-bond acceptors (Lipinski definition) is 4. The summed E-state index contributed by atoms with van der Waals surface area (Å²) in [5, 5.41) is 21.3. The number of rotatable bonds is 5. The normalized spacial score (nSPS) is 29.2. The van der Waals surface area contributed by atoms with Gasteiger partial charge in [-0.05, 0) is 43.4 Å². The number of hydrogen-bond donors (Lipinski definition) is 1. The predicted octanol–water partition coefficient (Wildman–Crippen LogP) is 2.94. The van der Waals surface area contributed by atoms with Gasteiger partial charge in [0.25, 0.3) is 5.91 Å². The van der Waals surface area contributed by atoms with Gasteiger partial charge in [0.05, 0.1) is 17.6 Å². The fourth-order valence-corrected chi connectivity index (χ4v) is 4.40. The first-order valence-electron chi connectivity index (χ1n) is 9.80. The number of nitriles is 1. The lowest BCUT2D eigenvalue weighted by atomic mass is 9.71. The van der Waals surface area contributed by atoms with Crippen LogP contribution in [0.2, 0.25) is 0 Å². The Hall–Kier alpha value is -2.84. The summed E-state index contributed by atoms with van der Waals surface area (Å²) in [4.78, 5) is 14.3. The number of aliphatic hydroxyl groups is 1. The molecule has 5 nitrogen and oxygen atoms in total. The lowest BCUT2D eigenvalue weighted by Crippen LogP contribution is -2.72. The highest BCUT2D eigenvalue weighted by Crippen LogP contribution is 2.43. The van der Waals surface area contributed by atoms with Crippen molar-refractivity contribution in [2.75, 3.05) is 6.54 Å². The molecule has 144 valence electrons. The highest BCUT2D eigenvalue weighted by Gasteiger charge is 2.59. The van der Waals surface area contributed by atoms with Gasteiger partial charge >= 0.3 is 0 Å². The standard InChI is InChI=1S/C23H24N2O3/c24-16-23(14-12-17-8-3-1-4-9-17)13-7-15-25-19(21(23)26)20(22(25)27)28-18-10-5-2-6-11-18/h1-6,8-11,19-21,26H,7,12-15H2/t19-,20-,21+,23-/m1/s1. The van der Waals surface area contributed by atoms with E-state index in [1.165, 1.54) is 0 Å². The maximum Gasteiger partial charge on any atom is 0.266 e. The molecule has 0 unspecified atom stereocenters. The summed E-state index contributed by atoms with van der Waals surface area (Å²) < 4.78 is 5.90. The molecule has 1 N–H and O–H groups in total.